The monoisotopic (exact) mass is 318 g/mol. The van der Waals surface area contributed by atoms with E-state index in [1.807, 2.05) is 36.1 Å². The van der Waals surface area contributed by atoms with Gasteiger partial charge in [0.1, 0.15) is 0 Å². The van der Waals surface area contributed by atoms with Gasteiger partial charge in [-0.15, -0.1) is 0 Å². The molecule has 1 atom stereocenters. The highest BCUT2D eigenvalue weighted by molar-refractivity contribution is 5.94. The Labute approximate surface area is 142 Å². The predicted molar refractivity (Wildman–Crippen MR) is 97.4 cm³/mol. The molecule has 2 heterocycles. The summed E-state index contributed by atoms with van der Waals surface area (Å²) in [6, 6.07) is 18.6. The van der Waals surface area contributed by atoms with E-state index in [1.165, 1.54) is 22.2 Å². The van der Waals surface area contributed by atoms with Crippen molar-refractivity contribution in [2.75, 3.05) is 13.1 Å². The summed E-state index contributed by atoms with van der Waals surface area (Å²) in [6.45, 7) is 3.68. The van der Waals surface area contributed by atoms with Gasteiger partial charge in [-0.25, -0.2) is 0 Å². The Kier molecular flexibility index (Phi) is 3.64. The predicted octanol–water partition coefficient (Wildman–Crippen LogP) is 4.12. The van der Waals surface area contributed by atoms with Crippen LogP contribution in [0.4, 0.5) is 0 Å². The van der Waals surface area contributed by atoms with Gasteiger partial charge >= 0.3 is 0 Å². The lowest BCUT2D eigenvalue weighted by atomic mass is 10.0. The summed E-state index contributed by atoms with van der Waals surface area (Å²) in [7, 11) is 2.13. The zero-order chi connectivity index (χ0) is 16.7. The molecular weight excluding hydrogens is 296 g/mol. The van der Waals surface area contributed by atoms with E-state index in [-0.39, 0.29) is 5.91 Å². The molecule has 122 valence electrons. The Hall–Kier alpha value is -2.55. The first-order valence-electron chi connectivity index (χ1n) is 8.54. The fourth-order valence-corrected chi connectivity index (χ4v) is 3.77. The number of benzene rings is 2. The Morgan fingerprint density at radius 1 is 1.08 bits per heavy atom. The second-order valence-electron chi connectivity index (χ2n) is 6.79. The fourth-order valence-electron chi connectivity index (χ4n) is 3.77. The van der Waals surface area contributed by atoms with Crippen LogP contribution in [-0.2, 0) is 7.05 Å². The number of para-hydroxylation sites is 1. The van der Waals surface area contributed by atoms with Crippen molar-refractivity contribution in [3.8, 4) is 0 Å². The van der Waals surface area contributed by atoms with Gasteiger partial charge in [-0.3, -0.25) is 4.79 Å². The lowest BCUT2D eigenvalue weighted by Gasteiger charge is -2.17. The topological polar surface area (TPSA) is 25.2 Å². The van der Waals surface area contributed by atoms with Gasteiger partial charge in [-0.1, -0.05) is 35.9 Å². The minimum atomic E-state index is 0.149. The lowest BCUT2D eigenvalue weighted by molar-refractivity contribution is 0.0790. The Balaban J connectivity index is 1.56. The molecule has 0 spiro atoms. The summed E-state index contributed by atoms with van der Waals surface area (Å²) >= 11 is 0. The molecule has 0 aliphatic carbocycles. The average molecular weight is 318 g/mol. The van der Waals surface area contributed by atoms with E-state index < -0.39 is 0 Å². The second-order valence-corrected chi connectivity index (χ2v) is 6.79. The van der Waals surface area contributed by atoms with Gasteiger partial charge in [0.05, 0.1) is 0 Å². The van der Waals surface area contributed by atoms with Gasteiger partial charge in [0.15, 0.2) is 0 Å². The first kappa shape index (κ1) is 15.0. The molecule has 1 amide bonds. The van der Waals surface area contributed by atoms with E-state index in [4.69, 9.17) is 0 Å². The first-order chi connectivity index (χ1) is 11.6. The third-order valence-corrected chi connectivity index (χ3v) is 5.18. The molecule has 3 nitrogen and oxygen atoms in total. The van der Waals surface area contributed by atoms with E-state index in [9.17, 15) is 4.79 Å². The van der Waals surface area contributed by atoms with Gasteiger partial charge in [-0.2, -0.15) is 0 Å². The largest absolute Gasteiger partial charge is 0.347 e. The molecule has 0 radical (unpaired) electrons. The molecule has 3 aromatic rings. The summed E-state index contributed by atoms with van der Waals surface area (Å²) < 4.78 is 2.28. The number of fused-ring (bicyclic) bond motifs is 1. The van der Waals surface area contributed by atoms with Crippen LogP contribution in [0.25, 0.3) is 10.9 Å². The Morgan fingerprint density at radius 2 is 1.83 bits per heavy atom. The fraction of sp³-hybridized carbons (Fsp3) is 0.286. The number of amides is 1. The third kappa shape index (κ3) is 2.50. The second kappa shape index (κ2) is 5.82. The molecular formula is C21H22N2O. The van der Waals surface area contributed by atoms with Crippen molar-refractivity contribution in [1.82, 2.24) is 9.47 Å². The number of rotatable bonds is 2. The van der Waals surface area contributed by atoms with Gasteiger partial charge in [-0.05, 0) is 43.0 Å². The molecule has 24 heavy (non-hydrogen) atoms. The standard InChI is InChI=1S/C21H22N2O/c1-15-7-9-16(10-8-15)21(24)23-12-11-18(14-23)20-13-17-5-3-4-6-19(17)22(20)2/h3-10,13,18H,11-12,14H2,1-2H3. The molecule has 1 aliphatic heterocycles. The molecule has 1 saturated heterocycles. The first-order valence-corrected chi connectivity index (χ1v) is 8.54. The van der Waals surface area contributed by atoms with Crippen molar-refractivity contribution in [1.29, 1.82) is 0 Å². The van der Waals surface area contributed by atoms with Crippen LogP contribution in [0, 0.1) is 6.92 Å². The van der Waals surface area contributed by atoms with Gasteiger partial charge in [0.2, 0.25) is 0 Å². The summed E-state index contributed by atoms with van der Waals surface area (Å²) in [5, 5.41) is 1.28. The summed E-state index contributed by atoms with van der Waals surface area (Å²) in [5.74, 6) is 0.563. The van der Waals surface area contributed by atoms with Crippen LogP contribution < -0.4 is 0 Å². The number of hydrogen-bond acceptors (Lipinski definition) is 1. The van der Waals surface area contributed by atoms with Crippen molar-refractivity contribution in [3.05, 3.63) is 71.4 Å². The van der Waals surface area contributed by atoms with Crippen LogP contribution in [0.5, 0.6) is 0 Å². The maximum Gasteiger partial charge on any atom is 0.253 e. The van der Waals surface area contributed by atoms with Crippen LogP contribution in [0.2, 0.25) is 0 Å². The lowest BCUT2D eigenvalue weighted by Crippen LogP contribution is -2.28. The number of carbonyl (C=O) groups is 1. The molecule has 4 rings (SSSR count). The van der Waals surface area contributed by atoms with Crippen molar-refractivity contribution >= 4 is 16.8 Å². The van der Waals surface area contributed by atoms with Gasteiger partial charge < -0.3 is 9.47 Å². The third-order valence-electron chi connectivity index (χ3n) is 5.18. The van der Waals surface area contributed by atoms with E-state index in [0.29, 0.717) is 5.92 Å². The van der Waals surface area contributed by atoms with Crippen molar-refractivity contribution in [3.63, 3.8) is 0 Å². The highest BCUT2D eigenvalue weighted by atomic mass is 16.2. The minimum Gasteiger partial charge on any atom is -0.347 e. The van der Waals surface area contributed by atoms with Crippen molar-refractivity contribution in [2.45, 2.75) is 19.3 Å². The van der Waals surface area contributed by atoms with Crippen LogP contribution in [0.15, 0.2) is 54.6 Å². The number of hydrogen-bond donors (Lipinski definition) is 0. The molecule has 1 unspecified atom stereocenters. The van der Waals surface area contributed by atoms with E-state index in [1.54, 1.807) is 0 Å². The smallest absolute Gasteiger partial charge is 0.253 e. The van der Waals surface area contributed by atoms with E-state index >= 15 is 0 Å². The zero-order valence-electron chi connectivity index (χ0n) is 14.2. The van der Waals surface area contributed by atoms with Crippen LogP contribution in [0.1, 0.15) is 34.0 Å². The van der Waals surface area contributed by atoms with Gasteiger partial charge in [0, 0.05) is 42.8 Å². The maximum absolute atomic E-state index is 12.7. The number of likely N-dealkylation sites (tertiary alicyclic amines) is 1. The number of nitrogens with zero attached hydrogens (tertiary/aromatic N) is 2. The molecule has 0 saturated carbocycles. The van der Waals surface area contributed by atoms with E-state index in [0.717, 1.165) is 25.1 Å². The SMILES string of the molecule is Cc1ccc(C(=O)N2CCC(c3cc4ccccc4n3C)C2)cc1. The minimum absolute atomic E-state index is 0.149. The normalized spacial score (nSPS) is 17.6. The Morgan fingerprint density at radius 3 is 2.58 bits per heavy atom. The average Bonchev–Trinajstić information content (AvgIpc) is 3.20. The quantitative estimate of drug-likeness (QED) is 0.698. The number of aromatic nitrogens is 1. The molecule has 1 aliphatic rings. The highest BCUT2D eigenvalue weighted by Gasteiger charge is 2.29. The summed E-state index contributed by atoms with van der Waals surface area (Å²) in [4.78, 5) is 14.7. The molecule has 3 heteroatoms. The molecule has 2 aromatic carbocycles. The molecule has 1 aromatic heterocycles. The maximum atomic E-state index is 12.7. The number of aryl methyl sites for hydroxylation is 2. The van der Waals surface area contributed by atoms with Crippen molar-refractivity contribution < 1.29 is 4.79 Å². The zero-order valence-corrected chi connectivity index (χ0v) is 14.2. The van der Waals surface area contributed by atoms with Crippen molar-refractivity contribution in [2.24, 2.45) is 7.05 Å². The molecule has 0 N–H and O–H groups in total. The van der Waals surface area contributed by atoms with E-state index in [2.05, 4.69) is 41.9 Å². The summed E-state index contributed by atoms with van der Waals surface area (Å²) in [6.07, 6.45) is 1.03. The molecule has 1 fully saturated rings. The number of carbonyl (C=O) groups excluding carboxylic acids is 1. The van der Waals surface area contributed by atoms with Crippen LogP contribution in [-0.4, -0.2) is 28.5 Å². The Bertz CT molecular complexity index is 892. The summed E-state index contributed by atoms with van der Waals surface area (Å²) in [5.41, 5.74) is 4.56. The highest BCUT2D eigenvalue weighted by Crippen LogP contribution is 2.31. The van der Waals surface area contributed by atoms with Crippen LogP contribution >= 0.6 is 0 Å². The molecule has 0 bridgehead atoms. The van der Waals surface area contributed by atoms with Crippen LogP contribution in [0.3, 0.4) is 0 Å². The van der Waals surface area contributed by atoms with Gasteiger partial charge in [0.25, 0.3) is 5.91 Å².